The topological polar surface area (TPSA) is 30.9 Å². The van der Waals surface area contributed by atoms with Gasteiger partial charge in [0.05, 0.1) is 20.6 Å². The second-order valence-electron chi connectivity index (χ2n) is 2.27. The van der Waals surface area contributed by atoms with Crippen molar-refractivity contribution in [1.29, 1.82) is 0 Å². The fraction of sp³-hybridized carbons (Fsp3) is 1.00. The summed E-state index contributed by atoms with van der Waals surface area (Å²) in [6.07, 6.45) is -6.78. The summed E-state index contributed by atoms with van der Waals surface area (Å²) in [4.78, 5) is 13.0. The van der Waals surface area contributed by atoms with Gasteiger partial charge in [0, 0.05) is 7.05 Å². The lowest BCUT2D eigenvalue weighted by Gasteiger charge is -2.24. The average Bonchev–Trinajstić information content (AvgIpc) is 2.00. The Morgan fingerprint density at radius 3 is 2.15 bits per heavy atom. The molecule has 80 valence electrons. The third kappa shape index (κ3) is 5.81. The molecule has 0 fully saturated rings. The summed E-state index contributed by atoms with van der Waals surface area (Å²) in [5.74, 6) is 0. The molecule has 0 radical (unpaired) electrons. The summed E-state index contributed by atoms with van der Waals surface area (Å²) in [6, 6.07) is 0. The minimum atomic E-state index is -4.32. The maximum absolute atomic E-state index is 11.9. The first kappa shape index (κ1) is 12.6. The van der Waals surface area contributed by atoms with Gasteiger partial charge in [-0.25, -0.2) is 9.78 Å². The zero-order valence-corrected chi connectivity index (χ0v) is 7.59. The zero-order valence-electron chi connectivity index (χ0n) is 7.59. The molecule has 0 saturated carbocycles. The highest BCUT2D eigenvalue weighted by Gasteiger charge is 2.35. The van der Waals surface area contributed by atoms with Crippen LogP contribution < -0.4 is 0 Å². The van der Waals surface area contributed by atoms with Crippen LogP contribution in [0.15, 0.2) is 0 Å². The molecule has 0 aromatic rings. The molecule has 0 aliphatic heterocycles. The number of hydrogen-bond donors (Lipinski definition) is 0. The smallest absolute Gasteiger partial charge is 0.300 e. The van der Waals surface area contributed by atoms with E-state index in [0.29, 0.717) is 0 Å². The average molecular weight is 203 g/mol. The van der Waals surface area contributed by atoms with Crippen LogP contribution in [0.4, 0.5) is 13.2 Å². The highest BCUT2D eigenvalue weighted by Crippen LogP contribution is 2.24. The summed E-state index contributed by atoms with van der Waals surface area (Å²) in [6.45, 7) is 0. The van der Waals surface area contributed by atoms with E-state index in [1.54, 1.807) is 0 Å². The predicted molar refractivity (Wildman–Crippen MR) is 37.3 cm³/mol. The standard InChI is InChI=1S/C6H12F3NO3/c1-10(11-2)5(13-12-3)4-6(7,8)9/h5H,4H2,1-3H3. The summed E-state index contributed by atoms with van der Waals surface area (Å²) >= 11 is 0. The Kier molecular flexibility index (Phi) is 5.23. The molecule has 0 spiro atoms. The third-order valence-electron chi connectivity index (χ3n) is 1.31. The molecule has 0 saturated heterocycles. The van der Waals surface area contributed by atoms with E-state index in [1.807, 2.05) is 0 Å². The number of hydroxylamine groups is 2. The molecule has 1 atom stereocenters. The molecule has 0 rings (SSSR count). The second kappa shape index (κ2) is 5.38. The van der Waals surface area contributed by atoms with Gasteiger partial charge in [-0.1, -0.05) is 0 Å². The summed E-state index contributed by atoms with van der Waals surface area (Å²) in [7, 11) is 3.69. The van der Waals surface area contributed by atoms with Crippen LogP contribution in [-0.2, 0) is 14.6 Å². The molecule has 0 aliphatic carbocycles. The lowest BCUT2D eigenvalue weighted by molar-refractivity contribution is -0.386. The van der Waals surface area contributed by atoms with E-state index in [4.69, 9.17) is 0 Å². The molecule has 1 unspecified atom stereocenters. The van der Waals surface area contributed by atoms with Crippen LogP contribution >= 0.6 is 0 Å². The number of hydrogen-bond acceptors (Lipinski definition) is 4. The summed E-state index contributed by atoms with van der Waals surface area (Å²) in [5, 5.41) is 0.914. The van der Waals surface area contributed by atoms with Crippen LogP contribution in [0.25, 0.3) is 0 Å². The van der Waals surface area contributed by atoms with Crippen LogP contribution in [0.2, 0.25) is 0 Å². The van der Waals surface area contributed by atoms with E-state index in [2.05, 4.69) is 14.6 Å². The molecule has 4 nitrogen and oxygen atoms in total. The van der Waals surface area contributed by atoms with Gasteiger partial charge >= 0.3 is 6.18 Å². The Bertz CT molecular complexity index is 142. The molecule has 0 N–H and O–H groups in total. The largest absolute Gasteiger partial charge is 0.393 e. The van der Waals surface area contributed by atoms with Crippen molar-refractivity contribution in [3.05, 3.63) is 0 Å². The van der Waals surface area contributed by atoms with Crippen molar-refractivity contribution in [2.75, 3.05) is 21.3 Å². The Balaban J connectivity index is 4.09. The molecular formula is C6H12F3NO3. The van der Waals surface area contributed by atoms with E-state index >= 15 is 0 Å². The number of rotatable bonds is 5. The van der Waals surface area contributed by atoms with E-state index in [9.17, 15) is 13.2 Å². The van der Waals surface area contributed by atoms with Crippen LogP contribution in [0.5, 0.6) is 0 Å². The van der Waals surface area contributed by atoms with Crippen molar-refractivity contribution in [1.82, 2.24) is 5.06 Å². The van der Waals surface area contributed by atoms with Gasteiger partial charge in [-0.3, -0.25) is 4.84 Å². The van der Waals surface area contributed by atoms with E-state index in [-0.39, 0.29) is 0 Å². The highest BCUT2D eigenvalue weighted by atomic mass is 19.4. The van der Waals surface area contributed by atoms with Crippen molar-refractivity contribution in [3.63, 3.8) is 0 Å². The Morgan fingerprint density at radius 1 is 1.31 bits per heavy atom. The maximum Gasteiger partial charge on any atom is 0.393 e. The SMILES string of the molecule is COOC(CC(F)(F)F)N(C)OC. The molecule has 0 heterocycles. The predicted octanol–water partition coefficient (Wildman–Crippen LogP) is 1.34. The molecule has 0 aromatic heterocycles. The summed E-state index contributed by atoms with van der Waals surface area (Å²) < 4.78 is 35.7. The van der Waals surface area contributed by atoms with E-state index in [1.165, 1.54) is 14.2 Å². The quantitative estimate of drug-likeness (QED) is 0.383. The molecule has 0 bridgehead atoms. The first-order valence-electron chi connectivity index (χ1n) is 3.44. The lowest BCUT2D eigenvalue weighted by atomic mass is 10.4. The fourth-order valence-corrected chi connectivity index (χ4v) is 0.650. The Labute approximate surface area is 74.0 Å². The van der Waals surface area contributed by atoms with Crippen molar-refractivity contribution in [2.45, 2.75) is 18.8 Å². The zero-order chi connectivity index (χ0) is 10.5. The lowest BCUT2D eigenvalue weighted by Crippen LogP contribution is -2.37. The van der Waals surface area contributed by atoms with Gasteiger partial charge < -0.3 is 0 Å². The van der Waals surface area contributed by atoms with Crippen molar-refractivity contribution < 1.29 is 27.8 Å². The second-order valence-corrected chi connectivity index (χ2v) is 2.27. The third-order valence-corrected chi connectivity index (χ3v) is 1.31. The Morgan fingerprint density at radius 2 is 1.85 bits per heavy atom. The van der Waals surface area contributed by atoms with Crippen molar-refractivity contribution >= 4 is 0 Å². The molecular weight excluding hydrogens is 191 g/mol. The van der Waals surface area contributed by atoms with Gasteiger partial charge in [0.1, 0.15) is 0 Å². The maximum atomic E-state index is 11.9. The van der Waals surface area contributed by atoms with E-state index in [0.717, 1.165) is 12.2 Å². The first-order chi connectivity index (χ1) is 5.90. The fourth-order valence-electron chi connectivity index (χ4n) is 0.650. The van der Waals surface area contributed by atoms with Crippen LogP contribution in [0.1, 0.15) is 6.42 Å². The van der Waals surface area contributed by atoms with Gasteiger partial charge in [-0.15, -0.1) is 0 Å². The van der Waals surface area contributed by atoms with Gasteiger partial charge in [-0.05, 0) is 0 Å². The van der Waals surface area contributed by atoms with Crippen LogP contribution in [-0.4, -0.2) is 38.7 Å². The van der Waals surface area contributed by atoms with Crippen LogP contribution in [0, 0.1) is 0 Å². The minimum Gasteiger partial charge on any atom is -0.300 e. The monoisotopic (exact) mass is 203 g/mol. The van der Waals surface area contributed by atoms with E-state index < -0.39 is 18.8 Å². The molecule has 7 heteroatoms. The van der Waals surface area contributed by atoms with Gasteiger partial charge in [-0.2, -0.15) is 18.2 Å². The summed E-state index contributed by atoms with van der Waals surface area (Å²) in [5.41, 5.74) is 0. The Hall–Kier alpha value is -0.370. The first-order valence-corrected chi connectivity index (χ1v) is 3.44. The molecule has 0 aliphatic rings. The van der Waals surface area contributed by atoms with Crippen LogP contribution in [0.3, 0.4) is 0 Å². The number of nitrogens with zero attached hydrogens (tertiary/aromatic N) is 1. The van der Waals surface area contributed by atoms with Crippen molar-refractivity contribution in [2.24, 2.45) is 0 Å². The molecule has 0 amide bonds. The normalized spacial score (nSPS) is 15.0. The van der Waals surface area contributed by atoms with Gasteiger partial charge in [0.25, 0.3) is 0 Å². The highest BCUT2D eigenvalue weighted by molar-refractivity contribution is 4.57. The number of halogens is 3. The number of alkyl halides is 3. The molecule has 13 heavy (non-hydrogen) atoms. The van der Waals surface area contributed by atoms with Gasteiger partial charge in [0.2, 0.25) is 0 Å². The van der Waals surface area contributed by atoms with Gasteiger partial charge in [0.15, 0.2) is 6.23 Å². The van der Waals surface area contributed by atoms with Crippen molar-refractivity contribution in [3.8, 4) is 0 Å². The molecule has 0 aromatic carbocycles. The minimum absolute atomic E-state index is 0.914.